The van der Waals surface area contributed by atoms with Gasteiger partial charge in [-0.05, 0) is 39.7 Å². The van der Waals surface area contributed by atoms with E-state index in [9.17, 15) is 9.59 Å². The molecule has 0 fully saturated rings. The van der Waals surface area contributed by atoms with E-state index in [4.69, 9.17) is 32.7 Å². The molecular weight excluding hydrogens is 413 g/mol. The number of carbonyl (C=O) groups excluding carboxylic acids is 2. The molecule has 0 bridgehead atoms. The van der Waals surface area contributed by atoms with Crippen molar-refractivity contribution in [3.63, 3.8) is 0 Å². The van der Waals surface area contributed by atoms with Gasteiger partial charge in [0.05, 0.1) is 15.6 Å². The van der Waals surface area contributed by atoms with Gasteiger partial charge in [0.25, 0.3) is 0 Å². The van der Waals surface area contributed by atoms with E-state index in [1.807, 2.05) is 34.6 Å². The summed E-state index contributed by atoms with van der Waals surface area (Å²) in [5.74, 6) is 0.299. The van der Waals surface area contributed by atoms with Crippen LogP contribution in [0.4, 0.5) is 4.79 Å². The Labute approximate surface area is 185 Å². The number of unbranched alkanes of at least 4 members (excludes halogenated alkanes) is 1. The van der Waals surface area contributed by atoms with Crippen LogP contribution in [0.5, 0.6) is 5.75 Å². The van der Waals surface area contributed by atoms with Gasteiger partial charge in [0.1, 0.15) is 18.0 Å². The third-order valence-electron chi connectivity index (χ3n) is 3.53. The summed E-state index contributed by atoms with van der Waals surface area (Å²) >= 11 is 12.0. The van der Waals surface area contributed by atoms with Gasteiger partial charge in [-0.3, -0.25) is 4.79 Å². The monoisotopic (exact) mass is 445 g/mol. The van der Waals surface area contributed by atoms with Crippen molar-refractivity contribution < 1.29 is 19.1 Å². The van der Waals surface area contributed by atoms with E-state index in [1.54, 1.807) is 13.1 Å². The highest BCUT2D eigenvalue weighted by Crippen LogP contribution is 2.31. The average Bonchev–Trinajstić information content (AvgIpc) is 2.65. The Morgan fingerprint density at radius 3 is 2.28 bits per heavy atom. The number of rotatable bonds is 9. The number of halogens is 2. The number of Topliss-reactive ketones (excluding diaryl/α,β-unsaturated/α-hetero) is 1. The minimum atomic E-state index is -0.531. The summed E-state index contributed by atoms with van der Waals surface area (Å²) in [6.45, 7) is 13.8. The predicted molar refractivity (Wildman–Crippen MR) is 121 cm³/mol. The Morgan fingerprint density at radius 2 is 1.72 bits per heavy atom. The molecule has 29 heavy (non-hydrogen) atoms. The fourth-order valence-corrected chi connectivity index (χ4v) is 2.53. The maximum Gasteiger partial charge on any atom is 0.410 e. The first-order valence-corrected chi connectivity index (χ1v) is 10.5. The smallest absolute Gasteiger partial charge is 0.410 e. The SMILES string of the molecule is C=CCOc1cc(Cl)c(Cl)cc1C(=O)CCCCN(C)C(=O)OC(C)(C)C.CC. The molecule has 0 aromatic heterocycles. The van der Waals surface area contributed by atoms with Crippen LogP contribution < -0.4 is 4.74 Å². The Hall–Kier alpha value is -1.72. The van der Waals surface area contributed by atoms with Crippen LogP contribution in [-0.4, -0.2) is 42.6 Å². The predicted octanol–water partition coefficient (Wildman–Crippen LogP) is 6.80. The Bertz CT molecular complexity index is 684. The quantitative estimate of drug-likeness (QED) is 0.238. The van der Waals surface area contributed by atoms with E-state index in [1.165, 1.54) is 17.0 Å². The van der Waals surface area contributed by atoms with Crippen LogP contribution in [0.25, 0.3) is 0 Å². The van der Waals surface area contributed by atoms with Gasteiger partial charge in [0.2, 0.25) is 0 Å². The first-order valence-electron chi connectivity index (χ1n) is 9.75. The standard InChI is InChI=1S/C20H27Cl2NO4.C2H6/c1-6-11-26-18-13-16(22)15(21)12-14(18)17(24)9-7-8-10-23(5)19(25)27-20(2,3)4;1-2/h6,12-13H,1,7-11H2,2-5H3;1-2H3. The molecule has 1 aromatic carbocycles. The van der Waals surface area contributed by atoms with E-state index < -0.39 is 5.60 Å². The summed E-state index contributed by atoms with van der Waals surface area (Å²) in [4.78, 5) is 26.0. The molecule has 0 heterocycles. The van der Waals surface area contributed by atoms with Crippen molar-refractivity contribution in [3.05, 3.63) is 40.4 Å². The van der Waals surface area contributed by atoms with Gasteiger partial charge < -0.3 is 14.4 Å². The van der Waals surface area contributed by atoms with Crippen LogP contribution in [0.2, 0.25) is 10.0 Å². The normalized spacial score (nSPS) is 10.5. The molecule has 0 atom stereocenters. The summed E-state index contributed by atoms with van der Waals surface area (Å²) in [5.41, 5.74) is -0.136. The molecule has 0 N–H and O–H groups in total. The zero-order valence-electron chi connectivity index (χ0n) is 18.3. The molecule has 0 aliphatic carbocycles. The number of hydrogen-bond donors (Lipinski definition) is 0. The van der Waals surface area contributed by atoms with Crippen molar-refractivity contribution in [1.29, 1.82) is 0 Å². The van der Waals surface area contributed by atoms with Gasteiger partial charge in [0, 0.05) is 26.1 Å². The van der Waals surface area contributed by atoms with Gasteiger partial charge in [-0.1, -0.05) is 49.7 Å². The number of amides is 1. The highest BCUT2D eigenvalue weighted by atomic mass is 35.5. The fraction of sp³-hybridized carbons (Fsp3) is 0.545. The van der Waals surface area contributed by atoms with Gasteiger partial charge in [-0.15, -0.1) is 0 Å². The minimum Gasteiger partial charge on any atom is -0.489 e. The average molecular weight is 446 g/mol. The topological polar surface area (TPSA) is 55.8 Å². The molecule has 1 amide bonds. The van der Waals surface area contributed by atoms with Gasteiger partial charge in [-0.25, -0.2) is 4.79 Å². The molecule has 0 radical (unpaired) electrons. The number of carbonyl (C=O) groups is 2. The van der Waals surface area contributed by atoms with E-state index in [0.717, 1.165) is 0 Å². The maximum absolute atomic E-state index is 12.5. The number of ether oxygens (including phenoxy) is 2. The van der Waals surface area contributed by atoms with Crippen molar-refractivity contribution in [2.24, 2.45) is 0 Å². The summed E-state index contributed by atoms with van der Waals surface area (Å²) < 4.78 is 10.8. The van der Waals surface area contributed by atoms with Crippen molar-refractivity contribution in [1.82, 2.24) is 4.90 Å². The lowest BCUT2D eigenvalue weighted by Crippen LogP contribution is -2.34. The number of hydrogen-bond acceptors (Lipinski definition) is 4. The largest absolute Gasteiger partial charge is 0.489 e. The molecule has 7 heteroatoms. The number of nitrogens with zero attached hydrogens (tertiary/aromatic N) is 1. The molecule has 1 aromatic rings. The minimum absolute atomic E-state index is 0.0902. The van der Waals surface area contributed by atoms with Crippen molar-refractivity contribution in [3.8, 4) is 5.75 Å². The fourth-order valence-electron chi connectivity index (χ4n) is 2.21. The summed E-state index contributed by atoms with van der Waals surface area (Å²) in [6.07, 6.45) is 2.81. The third kappa shape index (κ3) is 10.6. The zero-order valence-corrected chi connectivity index (χ0v) is 19.8. The van der Waals surface area contributed by atoms with Gasteiger partial charge >= 0.3 is 6.09 Å². The van der Waals surface area contributed by atoms with E-state index in [2.05, 4.69) is 6.58 Å². The molecule has 1 rings (SSSR count). The zero-order chi connectivity index (χ0) is 22.6. The van der Waals surface area contributed by atoms with Crippen LogP contribution in [0, 0.1) is 0 Å². The lowest BCUT2D eigenvalue weighted by molar-refractivity contribution is 0.0296. The van der Waals surface area contributed by atoms with E-state index in [0.29, 0.717) is 47.2 Å². The Morgan fingerprint density at radius 1 is 1.14 bits per heavy atom. The van der Waals surface area contributed by atoms with Crippen molar-refractivity contribution in [2.75, 3.05) is 20.2 Å². The van der Waals surface area contributed by atoms with Gasteiger partial charge in [-0.2, -0.15) is 0 Å². The number of ketones is 1. The summed E-state index contributed by atoms with van der Waals surface area (Å²) in [6, 6.07) is 3.06. The maximum atomic E-state index is 12.5. The molecule has 0 aliphatic heterocycles. The highest BCUT2D eigenvalue weighted by Gasteiger charge is 2.20. The molecule has 0 aliphatic rings. The third-order valence-corrected chi connectivity index (χ3v) is 4.25. The second kappa shape index (κ2) is 13.5. The Kier molecular flexibility index (Phi) is 12.7. The summed E-state index contributed by atoms with van der Waals surface area (Å²) in [5, 5.41) is 0.627. The van der Waals surface area contributed by atoms with Crippen molar-refractivity contribution in [2.45, 2.75) is 59.5 Å². The summed E-state index contributed by atoms with van der Waals surface area (Å²) in [7, 11) is 1.68. The van der Waals surface area contributed by atoms with Crippen LogP contribution in [-0.2, 0) is 4.74 Å². The molecule has 164 valence electrons. The molecular formula is C22H33Cl2NO4. The molecule has 0 saturated carbocycles. The second-order valence-electron chi connectivity index (χ2n) is 7.14. The van der Waals surface area contributed by atoms with E-state index in [-0.39, 0.29) is 18.5 Å². The van der Waals surface area contributed by atoms with E-state index >= 15 is 0 Å². The lowest BCUT2D eigenvalue weighted by Gasteiger charge is -2.24. The van der Waals surface area contributed by atoms with Crippen LogP contribution >= 0.6 is 23.2 Å². The molecule has 0 unspecified atom stereocenters. The van der Waals surface area contributed by atoms with Crippen LogP contribution in [0.1, 0.15) is 64.2 Å². The molecule has 5 nitrogen and oxygen atoms in total. The Balaban J connectivity index is 0.00000379. The van der Waals surface area contributed by atoms with Crippen molar-refractivity contribution >= 4 is 35.1 Å². The lowest BCUT2D eigenvalue weighted by atomic mass is 10.0. The highest BCUT2D eigenvalue weighted by molar-refractivity contribution is 6.42. The van der Waals surface area contributed by atoms with Crippen LogP contribution in [0.3, 0.4) is 0 Å². The van der Waals surface area contributed by atoms with Crippen LogP contribution in [0.15, 0.2) is 24.8 Å². The molecule has 0 spiro atoms. The second-order valence-corrected chi connectivity index (χ2v) is 7.96. The number of benzene rings is 1. The first-order chi connectivity index (χ1) is 13.5. The molecule has 0 saturated heterocycles. The van der Waals surface area contributed by atoms with Gasteiger partial charge in [0.15, 0.2) is 5.78 Å². The first kappa shape index (κ1) is 27.3.